The summed E-state index contributed by atoms with van der Waals surface area (Å²) >= 11 is 4.01. The highest BCUT2D eigenvalue weighted by Crippen LogP contribution is 2.59. The molecule has 0 fully saturated rings. The Hall–Kier alpha value is -10.9. The average Bonchev–Trinajstić information content (AvgIpc) is 1.16. The number of hydrogen-bond donors (Lipinski definition) is 0. The van der Waals surface area contributed by atoms with Crippen molar-refractivity contribution in [2.75, 3.05) is 29.4 Å². The Labute approximate surface area is 544 Å². The Morgan fingerprint density at radius 1 is 0.326 bits per heavy atom. The van der Waals surface area contributed by atoms with Gasteiger partial charge in [-0.05, 0) is 173 Å². The summed E-state index contributed by atoms with van der Waals surface area (Å²) in [6, 6.07) is 122. The molecule has 6 nitrogen and oxygen atoms in total. The zero-order valence-electron chi connectivity index (χ0n) is 50.0. The van der Waals surface area contributed by atoms with Crippen LogP contribution in [0.2, 0.25) is 0 Å². The second-order valence-electron chi connectivity index (χ2n) is 24.3. The van der Waals surface area contributed by atoms with Crippen molar-refractivity contribution < 1.29 is 0 Å². The lowest BCUT2D eigenvalue weighted by Gasteiger charge is -2.50. The molecule has 2 atom stereocenters. The molecule has 0 amide bonds. The van der Waals surface area contributed by atoms with E-state index in [0.29, 0.717) is 0 Å². The van der Waals surface area contributed by atoms with Crippen LogP contribution in [0.3, 0.4) is 0 Å². The molecule has 0 radical (unpaired) electrons. The number of para-hydroxylation sites is 8. The largest absolute Gasteiger partial charge is 0.334 e. The summed E-state index contributed by atoms with van der Waals surface area (Å²) in [6.45, 7) is -0.208. The van der Waals surface area contributed by atoms with Crippen molar-refractivity contribution in [3.63, 3.8) is 0 Å². The van der Waals surface area contributed by atoms with Gasteiger partial charge in [0.25, 0.3) is 6.71 Å². The predicted molar refractivity (Wildman–Crippen MR) is 392 cm³/mol. The molecular weight excluding hydrogens is 1150 g/mol. The predicted octanol–water partition coefficient (Wildman–Crippen LogP) is 19.2. The first-order chi connectivity index (χ1) is 45.7. The molecule has 5 aliphatic rings. The van der Waals surface area contributed by atoms with Crippen LogP contribution in [-0.4, -0.2) is 18.6 Å². The molecule has 19 rings (SSSR count). The van der Waals surface area contributed by atoms with Crippen LogP contribution in [0.5, 0.6) is 0 Å². The number of thiophene rings is 1. The fourth-order valence-corrected chi connectivity index (χ4v) is 18.6. The number of thioether (sulfide) groups is 1. The van der Waals surface area contributed by atoms with Gasteiger partial charge in [0.15, 0.2) is 0 Å². The Kier molecular flexibility index (Phi) is 12.3. The van der Waals surface area contributed by atoms with Crippen molar-refractivity contribution in [1.82, 2.24) is 0 Å². The summed E-state index contributed by atoms with van der Waals surface area (Å²) in [5.74, 6) is 0. The molecule has 13 aromatic carbocycles. The van der Waals surface area contributed by atoms with E-state index in [4.69, 9.17) is 0 Å². The number of rotatable bonds is 10. The highest BCUT2D eigenvalue weighted by molar-refractivity contribution is 8.02. The minimum absolute atomic E-state index is 0.00490. The van der Waals surface area contributed by atoms with Gasteiger partial charge in [-0.3, -0.25) is 0 Å². The highest BCUT2D eigenvalue weighted by atomic mass is 32.2. The van der Waals surface area contributed by atoms with Gasteiger partial charge in [0, 0.05) is 105 Å². The summed E-state index contributed by atoms with van der Waals surface area (Å²) < 4.78 is 2.60. The first kappa shape index (κ1) is 53.0. The van der Waals surface area contributed by atoms with Crippen LogP contribution >= 0.6 is 23.1 Å². The molecule has 0 aliphatic carbocycles. The maximum Gasteiger partial charge on any atom is 0.264 e. The molecule has 14 aromatic rings. The van der Waals surface area contributed by atoms with Gasteiger partial charge in [-0.1, -0.05) is 182 Å². The first-order valence-corrected chi connectivity index (χ1v) is 33.4. The SMILES string of the molecule is c1ccc(N(c2ccccc2)c2cc3c4c(c2)N(c2ccccc2)c2c(sc5ccccc25)B4c2cc4c(cc2N3c2ccccc2)B2c3c(cc(N(c5ccccc5)c5ccccc5)cc3N(c3ccccc3)C3c5ccccc5SC23)N4c2ccccc2)cc1. The molecule has 0 bridgehead atoms. The summed E-state index contributed by atoms with van der Waals surface area (Å²) in [5, 5.41) is 1.34. The second kappa shape index (κ2) is 21.4. The fraction of sp³-hybridized carbons (Fsp3) is 0.0244. The van der Waals surface area contributed by atoms with E-state index in [1.165, 1.54) is 81.3 Å². The molecule has 0 N–H and O–H groups in total. The monoisotopic (exact) mass is 1210 g/mol. The molecule has 2 unspecified atom stereocenters. The number of fused-ring (bicyclic) bond motifs is 12. The van der Waals surface area contributed by atoms with E-state index in [0.717, 1.165) is 62.6 Å². The standard InChI is InChI=1S/C82H56B2N6S2/c1-9-29-55(30-10-1)85(56-31-11-2-12-32-56)63-49-71-77-73(51-63)89(61-41-21-7-22-42-61)79-65-45-25-27-47-75(65)91-81(79)83(77)67-54-70-68(53-69(67)87(71)59-37-17-5-18-38-59)84-78-72(88(70)60-39-19-6-20-40-60)50-64(86(57-33-13-3-14-34-57)58-35-15-4-16-36-58)52-74(78)90(62-43-23-8-24-44-62)80-66-46-26-28-48-76(66)92-82(80)84/h1-54,79,81H. The van der Waals surface area contributed by atoms with Crippen molar-refractivity contribution in [3.05, 3.63) is 333 Å². The lowest BCUT2D eigenvalue weighted by atomic mass is 9.32. The minimum atomic E-state index is -0.158. The number of benzene rings is 13. The lowest BCUT2D eigenvalue weighted by Crippen LogP contribution is -2.64. The summed E-state index contributed by atoms with van der Waals surface area (Å²) in [5.41, 5.74) is 25.9. The van der Waals surface area contributed by atoms with Gasteiger partial charge in [-0.2, -0.15) is 0 Å². The van der Waals surface area contributed by atoms with Gasteiger partial charge in [0.05, 0.1) is 23.1 Å². The third kappa shape index (κ3) is 8.16. The fourth-order valence-electron chi connectivity index (χ4n) is 15.7. The third-order valence-corrected chi connectivity index (χ3v) is 21.9. The summed E-state index contributed by atoms with van der Waals surface area (Å²) in [7, 11) is 0. The van der Waals surface area contributed by atoms with Crippen molar-refractivity contribution >= 4 is 170 Å². The van der Waals surface area contributed by atoms with Crippen molar-refractivity contribution in [1.29, 1.82) is 0 Å². The number of anilines is 17. The first-order valence-electron chi connectivity index (χ1n) is 31.7. The highest BCUT2D eigenvalue weighted by Gasteiger charge is 2.56. The molecule has 6 heterocycles. The van der Waals surface area contributed by atoms with Crippen LogP contribution < -0.4 is 56.0 Å². The van der Waals surface area contributed by atoms with Crippen molar-refractivity contribution in [3.8, 4) is 0 Å². The zero-order valence-corrected chi connectivity index (χ0v) is 51.6. The van der Waals surface area contributed by atoms with Gasteiger partial charge in [0.2, 0.25) is 6.71 Å². The molecule has 0 spiro atoms. The topological polar surface area (TPSA) is 19.4 Å². The van der Waals surface area contributed by atoms with E-state index in [2.05, 4.69) is 369 Å². The van der Waals surface area contributed by atoms with Gasteiger partial charge in [-0.15, -0.1) is 23.1 Å². The zero-order chi connectivity index (χ0) is 60.4. The van der Waals surface area contributed by atoms with Gasteiger partial charge in [-0.25, -0.2) is 0 Å². The van der Waals surface area contributed by atoms with Gasteiger partial charge in [0.1, 0.15) is 0 Å². The third-order valence-electron chi connectivity index (χ3n) is 19.3. The normalized spacial score (nSPS) is 15.2. The molecule has 1 aromatic heterocycles. The van der Waals surface area contributed by atoms with E-state index in [9.17, 15) is 0 Å². The molecule has 0 saturated heterocycles. The molecule has 5 aliphatic heterocycles. The van der Waals surface area contributed by atoms with E-state index in [1.807, 2.05) is 11.3 Å². The molecule has 0 saturated carbocycles. The van der Waals surface area contributed by atoms with Crippen LogP contribution in [0.15, 0.2) is 332 Å². The number of nitrogens with zero attached hydrogens (tertiary/aromatic N) is 6. The van der Waals surface area contributed by atoms with E-state index in [1.54, 1.807) is 0 Å². The molecular formula is C82H56B2N6S2. The van der Waals surface area contributed by atoms with Crippen LogP contribution in [0.4, 0.5) is 96.7 Å². The van der Waals surface area contributed by atoms with Crippen molar-refractivity contribution in [2.24, 2.45) is 0 Å². The van der Waals surface area contributed by atoms with Crippen LogP contribution in [-0.2, 0) is 0 Å². The van der Waals surface area contributed by atoms with Crippen LogP contribution in [0, 0.1) is 0 Å². The quantitative estimate of drug-likeness (QED) is 0.126. The maximum absolute atomic E-state index is 2.70. The van der Waals surface area contributed by atoms with E-state index < -0.39 is 0 Å². The Balaban J connectivity index is 0.949. The van der Waals surface area contributed by atoms with Crippen molar-refractivity contribution in [2.45, 2.75) is 16.1 Å². The lowest BCUT2D eigenvalue weighted by molar-refractivity contribution is 0.746. The van der Waals surface area contributed by atoms with Crippen LogP contribution in [0.25, 0.3) is 10.1 Å². The summed E-state index contributed by atoms with van der Waals surface area (Å²) in [6.07, 6.45) is 0. The Morgan fingerprint density at radius 3 is 1.26 bits per heavy atom. The molecule has 432 valence electrons. The second-order valence-corrected chi connectivity index (χ2v) is 26.6. The molecule has 92 heavy (non-hydrogen) atoms. The molecule has 10 heteroatoms. The van der Waals surface area contributed by atoms with Crippen LogP contribution in [0.1, 0.15) is 11.6 Å². The Bertz CT molecular complexity index is 5070. The smallest absolute Gasteiger partial charge is 0.264 e. The summed E-state index contributed by atoms with van der Waals surface area (Å²) in [4.78, 5) is 16.8. The maximum atomic E-state index is 2.70. The Morgan fingerprint density at radius 2 is 0.728 bits per heavy atom. The van der Waals surface area contributed by atoms with E-state index in [-0.39, 0.29) is 24.6 Å². The average molecular weight is 1210 g/mol. The van der Waals surface area contributed by atoms with Gasteiger partial charge >= 0.3 is 0 Å². The van der Waals surface area contributed by atoms with Gasteiger partial charge < -0.3 is 29.4 Å². The minimum Gasteiger partial charge on any atom is -0.334 e. The number of hydrogen-bond acceptors (Lipinski definition) is 8. The van der Waals surface area contributed by atoms with E-state index >= 15 is 0 Å².